The van der Waals surface area contributed by atoms with Gasteiger partial charge in [-0.25, -0.2) is 4.39 Å². The number of halogens is 2. The molecule has 1 spiro atoms. The quantitative estimate of drug-likeness (QED) is 0.729. The van der Waals surface area contributed by atoms with Crippen LogP contribution in [-0.4, -0.2) is 28.5 Å². The Labute approximate surface area is 105 Å². The summed E-state index contributed by atoms with van der Waals surface area (Å²) >= 11 is 2.92. The van der Waals surface area contributed by atoms with Gasteiger partial charge in [0.05, 0.1) is 0 Å². The molecule has 3 atom stereocenters. The van der Waals surface area contributed by atoms with E-state index in [1.165, 1.54) is 12.8 Å². The summed E-state index contributed by atoms with van der Waals surface area (Å²) in [5.41, 5.74) is 0.292. The number of amides is 1. The third kappa shape index (κ3) is 2.27. The van der Waals surface area contributed by atoms with E-state index in [4.69, 9.17) is 0 Å². The lowest BCUT2D eigenvalue weighted by Crippen LogP contribution is -2.37. The SMILES string of the molecule is CC(CC(F)Br)CN1C(=O)CC2(CC2)C1C. The van der Waals surface area contributed by atoms with Gasteiger partial charge in [-0.05, 0) is 37.5 Å². The molecule has 4 heteroatoms. The lowest BCUT2D eigenvalue weighted by atomic mass is 9.98. The summed E-state index contributed by atoms with van der Waals surface area (Å²) in [4.78, 5) is 13.8. The van der Waals surface area contributed by atoms with Crippen LogP contribution in [0.2, 0.25) is 0 Å². The Morgan fingerprint density at radius 1 is 1.62 bits per heavy atom. The van der Waals surface area contributed by atoms with E-state index in [9.17, 15) is 9.18 Å². The first-order valence-corrected chi connectivity index (χ1v) is 6.94. The van der Waals surface area contributed by atoms with Gasteiger partial charge < -0.3 is 4.90 Å². The number of hydrogen-bond acceptors (Lipinski definition) is 1. The monoisotopic (exact) mass is 291 g/mol. The summed E-state index contributed by atoms with van der Waals surface area (Å²) < 4.78 is 12.8. The standard InChI is InChI=1S/C12H19BrFNO/c1-8(5-10(13)14)7-15-9(2)12(3-4-12)6-11(15)16/h8-10H,3-7H2,1-2H3. The zero-order chi connectivity index (χ0) is 11.9. The molecule has 1 saturated carbocycles. The number of nitrogens with zero attached hydrogens (tertiary/aromatic N) is 1. The van der Waals surface area contributed by atoms with E-state index in [0.717, 1.165) is 0 Å². The second-order valence-electron chi connectivity index (χ2n) is 5.49. The first-order chi connectivity index (χ1) is 7.44. The van der Waals surface area contributed by atoms with E-state index < -0.39 is 5.08 Å². The summed E-state index contributed by atoms with van der Waals surface area (Å²) in [5, 5.41) is -0.953. The molecule has 0 aromatic carbocycles. The van der Waals surface area contributed by atoms with Gasteiger partial charge in [0.2, 0.25) is 5.91 Å². The molecule has 0 aromatic rings. The van der Waals surface area contributed by atoms with Gasteiger partial charge in [-0.1, -0.05) is 22.9 Å². The predicted molar refractivity (Wildman–Crippen MR) is 65.1 cm³/mol. The summed E-state index contributed by atoms with van der Waals surface area (Å²) in [7, 11) is 0. The lowest BCUT2D eigenvalue weighted by molar-refractivity contribution is -0.129. The molecule has 0 N–H and O–H groups in total. The summed E-state index contributed by atoms with van der Waals surface area (Å²) in [5.74, 6) is 0.483. The molecule has 1 aliphatic carbocycles. The van der Waals surface area contributed by atoms with Crippen molar-refractivity contribution >= 4 is 21.8 Å². The Morgan fingerprint density at radius 3 is 2.69 bits per heavy atom. The van der Waals surface area contributed by atoms with Crippen LogP contribution in [0.1, 0.15) is 39.5 Å². The Morgan fingerprint density at radius 2 is 2.25 bits per heavy atom. The molecule has 1 aliphatic heterocycles. The third-order valence-electron chi connectivity index (χ3n) is 4.16. The van der Waals surface area contributed by atoms with Gasteiger partial charge in [0.15, 0.2) is 5.08 Å². The Bertz CT molecular complexity index is 291. The predicted octanol–water partition coefficient (Wildman–Crippen LogP) is 3.10. The zero-order valence-corrected chi connectivity index (χ0v) is 11.5. The topological polar surface area (TPSA) is 20.3 Å². The highest BCUT2D eigenvalue weighted by molar-refractivity contribution is 9.09. The maximum absolute atomic E-state index is 12.8. The number of alkyl halides is 2. The molecule has 92 valence electrons. The zero-order valence-electron chi connectivity index (χ0n) is 9.88. The molecule has 3 unspecified atom stereocenters. The highest BCUT2D eigenvalue weighted by Gasteiger charge is 2.56. The molecule has 2 fully saturated rings. The minimum absolute atomic E-state index is 0.217. The molecule has 1 amide bonds. The summed E-state index contributed by atoms with van der Waals surface area (Å²) in [6.07, 6.45) is 3.57. The van der Waals surface area contributed by atoms with E-state index in [2.05, 4.69) is 22.9 Å². The normalized spacial score (nSPS) is 30.9. The van der Waals surface area contributed by atoms with Crippen molar-refractivity contribution in [1.29, 1.82) is 0 Å². The molecule has 0 aromatic heterocycles. The second-order valence-corrected chi connectivity index (χ2v) is 6.49. The van der Waals surface area contributed by atoms with Gasteiger partial charge in [0.25, 0.3) is 0 Å². The van der Waals surface area contributed by atoms with Crippen LogP contribution in [0.15, 0.2) is 0 Å². The first-order valence-electron chi connectivity index (χ1n) is 6.02. The lowest BCUT2D eigenvalue weighted by Gasteiger charge is -2.27. The number of carbonyl (C=O) groups excluding carboxylic acids is 1. The van der Waals surface area contributed by atoms with Crippen LogP contribution in [-0.2, 0) is 4.79 Å². The van der Waals surface area contributed by atoms with Crippen LogP contribution < -0.4 is 0 Å². The number of carbonyl (C=O) groups is 1. The third-order valence-corrected chi connectivity index (χ3v) is 4.53. The molecule has 0 radical (unpaired) electrons. The van der Waals surface area contributed by atoms with Crippen molar-refractivity contribution in [1.82, 2.24) is 4.90 Å². The van der Waals surface area contributed by atoms with Gasteiger partial charge in [-0.2, -0.15) is 0 Å². The summed E-state index contributed by atoms with van der Waals surface area (Å²) in [6.45, 7) is 4.85. The molecule has 1 saturated heterocycles. The van der Waals surface area contributed by atoms with E-state index >= 15 is 0 Å². The van der Waals surface area contributed by atoms with Crippen LogP contribution in [0.3, 0.4) is 0 Å². The van der Waals surface area contributed by atoms with E-state index in [-0.39, 0.29) is 11.8 Å². The molecular weight excluding hydrogens is 273 g/mol. The molecular formula is C12H19BrFNO. The molecule has 2 rings (SSSR count). The van der Waals surface area contributed by atoms with Crippen molar-refractivity contribution < 1.29 is 9.18 Å². The highest BCUT2D eigenvalue weighted by Crippen LogP contribution is 2.57. The second kappa shape index (κ2) is 4.28. The van der Waals surface area contributed by atoms with Crippen molar-refractivity contribution in [2.24, 2.45) is 11.3 Å². The first kappa shape index (κ1) is 12.3. The smallest absolute Gasteiger partial charge is 0.223 e. The van der Waals surface area contributed by atoms with Crippen LogP contribution in [0.25, 0.3) is 0 Å². The average molecular weight is 292 g/mol. The minimum Gasteiger partial charge on any atom is -0.339 e. The minimum atomic E-state index is -0.953. The average Bonchev–Trinajstić information content (AvgIpc) is 2.88. The van der Waals surface area contributed by atoms with E-state index in [1.807, 2.05) is 11.8 Å². The van der Waals surface area contributed by atoms with Crippen LogP contribution in [0, 0.1) is 11.3 Å². The fourth-order valence-electron chi connectivity index (χ4n) is 2.83. The van der Waals surface area contributed by atoms with Crippen LogP contribution in [0.4, 0.5) is 4.39 Å². The molecule has 2 nitrogen and oxygen atoms in total. The number of hydrogen-bond donors (Lipinski definition) is 0. The molecule has 2 aliphatic rings. The van der Waals surface area contributed by atoms with Crippen molar-refractivity contribution in [3.8, 4) is 0 Å². The van der Waals surface area contributed by atoms with Crippen LogP contribution >= 0.6 is 15.9 Å². The van der Waals surface area contributed by atoms with E-state index in [1.54, 1.807) is 0 Å². The summed E-state index contributed by atoms with van der Waals surface area (Å²) in [6, 6.07) is 0.357. The maximum Gasteiger partial charge on any atom is 0.223 e. The number of likely N-dealkylation sites (tertiary alicyclic amines) is 1. The van der Waals surface area contributed by atoms with Crippen molar-refractivity contribution in [3.05, 3.63) is 0 Å². The van der Waals surface area contributed by atoms with Gasteiger partial charge >= 0.3 is 0 Å². The van der Waals surface area contributed by atoms with Gasteiger partial charge in [-0.15, -0.1) is 0 Å². The van der Waals surface area contributed by atoms with Gasteiger partial charge in [-0.3, -0.25) is 4.79 Å². The van der Waals surface area contributed by atoms with Gasteiger partial charge in [0, 0.05) is 19.0 Å². The molecule has 0 bridgehead atoms. The van der Waals surface area contributed by atoms with Crippen LogP contribution in [0.5, 0.6) is 0 Å². The number of rotatable bonds is 4. The largest absolute Gasteiger partial charge is 0.339 e. The molecule has 1 heterocycles. The van der Waals surface area contributed by atoms with E-state index in [0.29, 0.717) is 30.8 Å². The molecule has 16 heavy (non-hydrogen) atoms. The fraction of sp³-hybridized carbons (Fsp3) is 0.917. The Balaban J connectivity index is 1.92. The fourth-order valence-corrected chi connectivity index (χ4v) is 3.46. The van der Waals surface area contributed by atoms with Gasteiger partial charge in [0.1, 0.15) is 0 Å². The van der Waals surface area contributed by atoms with Crippen molar-refractivity contribution in [2.45, 2.75) is 50.7 Å². The Kier molecular flexibility index (Phi) is 3.30. The van der Waals surface area contributed by atoms with Crippen molar-refractivity contribution in [3.63, 3.8) is 0 Å². The maximum atomic E-state index is 12.8. The van der Waals surface area contributed by atoms with Crippen molar-refractivity contribution in [2.75, 3.05) is 6.54 Å². The Hall–Kier alpha value is -0.120. The highest BCUT2D eigenvalue weighted by atomic mass is 79.9.